The second kappa shape index (κ2) is 8.12. The third-order valence-corrected chi connectivity index (χ3v) is 4.55. The highest BCUT2D eigenvalue weighted by molar-refractivity contribution is 5.81. The standard InChI is InChI=1S/C21H21N3O4/c1-15(27-18-10-6-3-7-11-18)21(25)24-12-16(13-24)20-22-19(28-23-20)14-26-17-8-4-2-5-9-17/h2-11,15-16H,12-14H2,1H3. The molecule has 0 radical (unpaired) electrons. The molecule has 1 atom stereocenters. The van der Waals surface area contributed by atoms with Crippen molar-refractivity contribution in [3.8, 4) is 11.5 Å². The zero-order valence-corrected chi connectivity index (χ0v) is 15.5. The smallest absolute Gasteiger partial charge is 0.264 e. The van der Waals surface area contributed by atoms with Gasteiger partial charge in [0.05, 0.1) is 5.92 Å². The summed E-state index contributed by atoms with van der Waals surface area (Å²) in [4.78, 5) is 18.6. The molecule has 0 saturated carbocycles. The minimum absolute atomic E-state index is 0.0452. The molecule has 0 aliphatic carbocycles. The maximum atomic E-state index is 12.5. The second-order valence-corrected chi connectivity index (χ2v) is 6.66. The van der Waals surface area contributed by atoms with Gasteiger partial charge < -0.3 is 18.9 Å². The highest BCUT2D eigenvalue weighted by atomic mass is 16.5. The first kappa shape index (κ1) is 18.0. The molecule has 1 saturated heterocycles. The molecule has 2 heterocycles. The van der Waals surface area contributed by atoms with Crippen LogP contribution in [0.2, 0.25) is 0 Å². The summed E-state index contributed by atoms with van der Waals surface area (Å²) in [6.45, 7) is 3.09. The van der Waals surface area contributed by atoms with Crippen molar-refractivity contribution in [2.45, 2.75) is 25.6 Å². The number of amides is 1. The predicted octanol–water partition coefficient (Wildman–Crippen LogP) is 3.04. The number of hydrogen-bond donors (Lipinski definition) is 0. The molecule has 7 heteroatoms. The normalized spacial score (nSPS) is 15.0. The lowest BCUT2D eigenvalue weighted by Gasteiger charge is -2.38. The Labute approximate surface area is 162 Å². The summed E-state index contributed by atoms with van der Waals surface area (Å²) in [5, 5.41) is 4.02. The number of benzene rings is 2. The van der Waals surface area contributed by atoms with Gasteiger partial charge in [-0.2, -0.15) is 4.98 Å². The number of ether oxygens (including phenoxy) is 2. The molecular weight excluding hydrogens is 358 g/mol. The molecule has 0 bridgehead atoms. The lowest BCUT2D eigenvalue weighted by molar-refractivity contribution is -0.142. The molecule has 7 nitrogen and oxygen atoms in total. The highest BCUT2D eigenvalue weighted by Crippen LogP contribution is 2.26. The van der Waals surface area contributed by atoms with Crippen molar-refractivity contribution in [1.29, 1.82) is 0 Å². The average molecular weight is 379 g/mol. The molecule has 1 aliphatic rings. The van der Waals surface area contributed by atoms with Crippen LogP contribution in [0.15, 0.2) is 65.2 Å². The van der Waals surface area contributed by atoms with Crippen LogP contribution in [0, 0.1) is 0 Å². The zero-order valence-electron chi connectivity index (χ0n) is 15.5. The van der Waals surface area contributed by atoms with Crippen LogP contribution in [-0.2, 0) is 11.4 Å². The quantitative estimate of drug-likeness (QED) is 0.628. The highest BCUT2D eigenvalue weighted by Gasteiger charge is 2.37. The molecule has 1 unspecified atom stereocenters. The molecule has 2 aromatic carbocycles. The van der Waals surface area contributed by atoms with Crippen molar-refractivity contribution in [3.05, 3.63) is 72.4 Å². The lowest BCUT2D eigenvalue weighted by Crippen LogP contribution is -2.52. The molecule has 0 spiro atoms. The minimum atomic E-state index is -0.538. The fraction of sp³-hybridized carbons (Fsp3) is 0.286. The Balaban J connectivity index is 1.26. The molecular formula is C21H21N3O4. The maximum absolute atomic E-state index is 12.5. The fourth-order valence-corrected chi connectivity index (χ4v) is 2.99. The Hall–Kier alpha value is -3.35. The summed E-state index contributed by atoms with van der Waals surface area (Å²) in [5.41, 5.74) is 0. The van der Waals surface area contributed by atoms with E-state index >= 15 is 0 Å². The van der Waals surface area contributed by atoms with E-state index in [1.165, 1.54) is 0 Å². The first-order valence-electron chi connectivity index (χ1n) is 9.20. The average Bonchev–Trinajstić information content (AvgIpc) is 3.15. The Morgan fingerprint density at radius 1 is 1.11 bits per heavy atom. The topological polar surface area (TPSA) is 77.7 Å². The number of likely N-dealkylation sites (tertiary alicyclic amines) is 1. The number of nitrogens with zero attached hydrogens (tertiary/aromatic N) is 3. The van der Waals surface area contributed by atoms with E-state index in [1.807, 2.05) is 60.7 Å². The van der Waals surface area contributed by atoms with Gasteiger partial charge in [-0.05, 0) is 31.2 Å². The molecule has 0 N–H and O–H groups in total. The molecule has 1 aromatic heterocycles. The predicted molar refractivity (Wildman–Crippen MR) is 101 cm³/mol. The summed E-state index contributed by atoms with van der Waals surface area (Å²) >= 11 is 0. The van der Waals surface area contributed by atoms with Crippen LogP contribution in [0.5, 0.6) is 11.5 Å². The van der Waals surface area contributed by atoms with Gasteiger partial charge in [0.1, 0.15) is 11.5 Å². The van der Waals surface area contributed by atoms with E-state index in [0.29, 0.717) is 30.6 Å². The summed E-state index contributed by atoms with van der Waals surface area (Å²) < 4.78 is 16.6. The number of para-hydroxylation sites is 2. The molecule has 1 amide bonds. The SMILES string of the molecule is CC(Oc1ccccc1)C(=O)N1CC(c2noc(COc3ccccc3)n2)C1. The summed E-state index contributed by atoms with van der Waals surface area (Å²) in [6, 6.07) is 18.8. The van der Waals surface area contributed by atoms with Crippen LogP contribution < -0.4 is 9.47 Å². The van der Waals surface area contributed by atoms with E-state index < -0.39 is 6.10 Å². The van der Waals surface area contributed by atoms with Crippen LogP contribution in [0.25, 0.3) is 0 Å². The third kappa shape index (κ3) is 4.14. The van der Waals surface area contributed by atoms with Gasteiger partial charge in [0.15, 0.2) is 18.5 Å². The zero-order chi connectivity index (χ0) is 19.3. The van der Waals surface area contributed by atoms with Crippen LogP contribution in [0.1, 0.15) is 24.6 Å². The number of aromatic nitrogens is 2. The van der Waals surface area contributed by atoms with Gasteiger partial charge in [0.25, 0.3) is 11.8 Å². The van der Waals surface area contributed by atoms with Crippen LogP contribution in [0.3, 0.4) is 0 Å². The van der Waals surface area contributed by atoms with Crippen molar-refractivity contribution in [1.82, 2.24) is 15.0 Å². The third-order valence-electron chi connectivity index (χ3n) is 4.55. The fourth-order valence-electron chi connectivity index (χ4n) is 2.99. The van der Waals surface area contributed by atoms with E-state index in [9.17, 15) is 4.79 Å². The summed E-state index contributed by atoms with van der Waals surface area (Å²) in [7, 11) is 0. The van der Waals surface area contributed by atoms with E-state index in [-0.39, 0.29) is 18.4 Å². The second-order valence-electron chi connectivity index (χ2n) is 6.66. The van der Waals surface area contributed by atoms with Crippen molar-refractivity contribution in [2.24, 2.45) is 0 Å². The Bertz CT molecular complexity index is 908. The number of carbonyl (C=O) groups excluding carboxylic acids is 1. The number of carbonyl (C=O) groups is 1. The van der Waals surface area contributed by atoms with E-state index in [1.54, 1.807) is 11.8 Å². The Morgan fingerprint density at radius 3 is 2.43 bits per heavy atom. The van der Waals surface area contributed by atoms with Crippen molar-refractivity contribution >= 4 is 5.91 Å². The molecule has 1 aliphatic heterocycles. The first-order chi connectivity index (χ1) is 13.7. The Kier molecular flexibility index (Phi) is 5.23. The largest absolute Gasteiger partial charge is 0.484 e. The molecule has 144 valence electrons. The molecule has 28 heavy (non-hydrogen) atoms. The van der Waals surface area contributed by atoms with E-state index in [4.69, 9.17) is 14.0 Å². The van der Waals surface area contributed by atoms with E-state index in [0.717, 1.165) is 5.75 Å². The van der Waals surface area contributed by atoms with Crippen molar-refractivity contribution in [2.75, 3.05) is 13.1 Å². The van der Waals surface area contributed by atoms with Gasteiger partial charge >= 0.3 is 0 Å². The molecule has 3 aromatic rings. The maximum Gasteiger partial charge on any atom is 0.264 e. The molecule has 1 fully saturated rings. The van der Waals surface area contributed by atoms with Gasteiger partial charge in [0.2, 0.25) is 0 Å². The van der Waals surface area contributed by atoms with Crippen LogP contribution in [0.4, 0.5) is 0 Å². The number of hydrogen-bond acceptors (Lipinski definition) is 6. The lowest BCUT2D eigenvalue weighted by atomic mass is 9.99. The van der Waals surface area contributed by atoms with Crippen molar-refractivity contribution < 1.29 is 18.8 Å². The summed E-state index contributed by atoms with van der Waals surface area (Å²) in [6.07, 6.45) is -0.538. The monoisotopic (exact) mass is 379 g/mol. The Morgan fingerprint density at radius 2 is 1.75 bits per heavy atom. The van der Waals surface area contributed by atoms with Gasteiger partial charge in [-0.3, -0.25) is 4.79 Å². The van der Waals surface area contributed by atoms with Crippen LogP contribution >= 0.6 is 0 Å². The van der Waals surface area contributed by atoms with Gasteiger partial charge in [0, 0.05) is 13.1 Å². The number of rotatable bonds is 7. The van der Waals surface area contributed by atoms with Gasteiger partial charge in [-0.25, -0.2) is 0 Å². The first-order valence-corrected chi connectivity index (χ1v) is 9.20. The van der Waals surface area contributed by atoms with E-state index in [2.05, 4.69) is 10.1 Å². The summed E-state index contributed by atoms with van der Waals surface area (Å²) in [5.74, 6) is 2.48. The van der Waals surface area contributed by atoms with Gasteiger partial charge in [-0.1, -0.05) is 41.6 Å². The van der Waals surface area contributed by atoms with Gasteiger partial charge in [-0.15, -0.1) is 0 Å². The molecule has 4 rings (SSSR count). The van der Waals surface area contributed by atoms with Crippen LogP contribution in [-0.4, -0.2) is 40.1 Å². The minimum Gasteiger partial charge on any atom is -0.484 e. The van der Waals surface area contributed by atoms with Crippen molar-refractivity contribution in [3.63, 3.8) is 0 Å².